The summed E-state index contributed by atoms with van der Waals surface area (Å²) in [7, 11) is 0. The molecule has 0 amide bonds. The third-order valence-corrected chi connectivity index (χ3v) is 1.62. The average Bonchev–Trinajstić information content (AvgIpc) is 1.90. The number of nitrogens with zero attached hydrogens (tertiary/aromatic N) is 1. The summed E-state index contributed by atoms with van der Waals surface area (Å²) in [5.41, 5.74) is 0. The van der Waals surface area contributed by atoms with Crippen LogP contribution in [0, 0.1) is 17.2 Å². The van der Waals surface area contributed by atoms with E-state index in [2.05, 4.69) is 6.07 Å². The Morgan fingerprint density at radius 1 is 1.12 bits per heavy atom. The molecule has 0 N–H and O–H groups in total. The molecule has 0 bridgehead atoms. The van der Waals surface area contributed by atoms with Gasteiger partial charge in [-0.05, 0) is 12.8 Å². The molecule has 1 rings (SSSR count). The van der Waals surface area contributed by atoms with Crippen LogP contribution in [0.1, 0.15) is 32.1 Å². The molecule has 0 spiro atoms. The van der Waals surface area contributed by atoms with Crippen LogP contribution in [0.2, 0.25) is 0 Å². The van der Waals surface area contributed by atoms with E-state index in [0.717, 1.165) is 18.8 Å². The Bertz CT molecular complexity index is 95.4. The van der Waals surface area contributed by atoms with Crippen LogP contribution in [-0.4, -0.2) is 0 Å². The van der Waals surface area contributed by atoms with Crippen molar-refractivity contribution < 1.29 is 0 Å². The molecule has 0 aromatic heterocycles. The van der Waals surface area contributed by atoms with Crippen molar-refractivity contribution in [2.24, 2.45) is 0 Å². The van der Waals surface area contributed by atoms with E-state index in [1.807, 2.05) is 0 Å². The molecule has 0 aromatic carbocycles. The molecule has 1 nitrogen and oxygen atoms in total. The van der Waals surface area contributed by atoms with Crippen molar-refractivity contribution in [2.45, 2.75) is 32.1 Å². The average molecular weight is 108 g/mol. The minimum absolute atomic E-state index is 1.07. The molecular formula is C7H10N. The highest BCUT2D eigenvalue weighted by molar-refractivity contribution is 5.11. The smallest absolute Gasteiger partial charge is 0.0760 e. The van der Waals surface area contributed by atoms with E-state index in [1.165, 1.54) is 19.3 Å². The van der Waals surface area contributed by atoms with Gasteiger partial charge in [-0.3, -0.25) is 0 Å². The van der Waals surface area contributed by atoms with E-state index in [9.17, 15) is 0 Å². The Morgan fingerprint density at radius 2 is 1.75 bits per heavy atom. The highest BCUT2D eigenvalue weighted by Gasteiger charge is 2.11. The van der Waals surface area contributed by atoms with Gasteiger partial charge >= 0.3 is 0 Å². The summed E-state index contributed by atoms with van der Waals surface area (Å²) < 4.78 is 0. The number of hydrogen-bond acceptors (Lipinski definition) is 1. The minimum atomic E-state index is 1.07. The number of nitriles is 1. The highest BCUT2D eigenvalue weighted by atomic mass is 14.3. The van der Waals surface area contributed by atoms with Crippen LogP contribution in [0.25, 0.3) is 0 Å². The van der Waals surface area contributed by atoms with Gasteiger partial charge in [0.25, 0.3) is 0 Å². The van der Waals surface area contributed by atoms with E-state index >= 15 is 0 Å². The molecule has 0 saturated heterocycles. The van der Waals surface area contributed by atoms with Gasteiger partial charge in [-0.15, -0.1) is 0 Å². The molecule has 0 unspecified atom stereocenters. The van der Waals surface area contributed by atoms with Crippen molar-refractivity contribution >= 4 is 0 Å². The zero-order valence-corrected chi connectivity index (χ0v) is 4.98. The summed E-state index contributed by atoms with van der Waals surface area (Å²) in [6.45, 7) is 0. The Kier molecular flexibility index (Phi) is 1.91. The second-order valence-electron chi connectivity index (χ2n) is 2.28. The first-order valence-corrected chi connectivity index (χ1v) is 3.18. The molecule has 0 heterocycles. The summed E-state index contributed by atoms with van der Waals surface area (Å²) in [5.74, 6) is 1.11. The molecule has 43 valence electrons. The Balaban J connectivity index is 2.25. The van der Waals surface area contributed by atoms with Crippen molar-refractivity contribution in [1.82, 2.24) is 0 Å². The van der Waals surface area contributed by atoms with Crippen LogP contribution < -0.4 is 0 Å². The fraction of sp³-hybridized carbons (Fsp3) is 0.714. The van der Waals surface area contributed by atoms with E-state index < -0.39 is 0 Å². The van der Waals surface area contributed by atoms with Crippen molar-refractivity contribution in [3.63, 3.8) is 0 Å². The largest absolute Gasteiger partial charge is 0.198 e. The Hall–Kier alpha value is -0.510. The van der Waals surface area contributed by atoms with Gasteiger partial charge in [-0.25, -0.2) is 0 Å². The second kappa shape index (κ2) is 2.71. The number of hydrogen-bond donors (Lipinski definition) is 0. The van der Waals surface area contributed by atoms with E-state index in [-0.39, 0.29) is 0 Å². The van der Waals surface area contributed by atoms with Crippen LogP contribution >= 0.6 is 0 Å². The predicted molar refractivity (Wildman–Crippen MR) is 31.9 cm³/mol. The zero-order valence-electron chi connectivity index (χ0n) is 4.98. The first-order chi connectivity index (χ1) is 3.93. The molecule has 1 heteroatoms. The first-order valence-electron chi connectivity index (χ1n) is 3.18. The Morgan fingerprint density at radius 3 is 2.12 bits per heavy atom. The summed E-state index contributed by atoms with van der Waals surface area (Å²) in [6.07, 6.45) is 5.93. The molecule has 0 aromatic rings. The van der Waals surface area contributed by atoms with Gasteiger partial charge in [-0.1, -0.05) is 19.3 Å². The predicted octanol–water partition coefficient (Wildman–Crippen LogP) is 2.05. The van der Waals surface area contributed by atoms with Crippen LogP contribution in [0.15, 0.2) is 0 Å². The molecule has 0 atom stereocenters. The van der Waals surface area contributed by atoms with E-state index in [4.69, 9.17) is 5.26 Å². The molecule has 1 aliphatic carbocycles. The van der Waals surface area contributed by atoms with Gasteiger partial charge in [0.05, 0.1) is 12.0 Å². The number of rotatable bonds is 0. The third-order valence-electron chi connectivity index (χ3n) is 1.62. The molecule has 1 aliphatic rings. The van der Waals surface area contributed by atoms with Gasteiger partial charge in [0, 0.05) is 0 Å². The monoisotopic (exact) mass is 108 g/mol. The lowest BCUT2D eigenvalue weighted by molar-refractivity contribution is 0.561. The van der Waals surface area contributed by atoms with E-state index in [1.54, 1.807) is 0 Å². The maximum absolute atomic E-state index is 8.40. The quantitative estimate of drug-likeness (QED) is 0.466. The van der Waals surface area contributed by atoms with Crippen LogP contribution in [-0.2, 0) is 0 Å². The maximum atomic E-state index is 8.40. The fourth-order valence-corrected chi connectivity index (χ4v) is 1.09. The molecule has 1 radical (unpaired) electrons. The summed E-state index contributed by atoms with van der Waals surface area (Å²) in [6, 6.07) is 2.22. The van der Waals surface area contributed by atoms with Gasteiger partial charge < -0.3 is 0 Å². The topological polar surface area (TPSA) is 23.8 Å². The lowest BCUT2D eigenvalue weighted by Gasteiger charge is -2.12. The fourth-order valence-electron chi connectivity index (χ4n) is 1.09. The van der Waals surface area contributed by atoms with Gasteiger partial charge in [0.2, 0.25) is 0 Å². The molecule has 1 fully saturated rings. The van der Waals surface area contributed by atoms with Crippen molar-refractivity contribution in [3.8, 4) is 6.07 Å². The summed E-state index contributed by atoms with van der Waals surface area (Å²) in [5, 5.41) is 8.40. The maximum Gasteiger partial charge on any atom is 0.0760 e. The standard InChI is InChI=1S/C7H10N/c8-6-7-4-2-1-3-5-7/h1-5H2. The Labute approximate surface area is 50.3 Å². The first kappa shape index (κ1) is 5.62. The van der Waals surface area contributed by atoms with Crippen molar-refractivity contribution in [2.75, 3.05) is 0 Å². The van der Waals surface area contributed by atoms with Gasteiger partial charge in [0.1, 0.15) is 0 Å². The minimum Gasteiger partial charge on any atom is -0.198 e. The lowest BCUT2D eigenvalue weighted by Crippen LogP contribution is -1.99. The summed E-state index contributed by atoms with van der Waals surface area (Å²) >= 11 is 0. The van der Waals surface area contributed by atoms with Crippen LogP contribution in [0.4, 0.5) is 0 Å². The van der Waals surface area contributed by atoms with Gasteiger partial charge in [-0.2, -0.15) is 5.26 Å². The zero-order chi connectivity index (χ0) is 5.82. The van der Waals surface area contributed by atoms with E-state index in [0.29, 0.717) is 0 Å². The second-order valence-corrected chi connectivity index (χ2v) is 2.28. The molecule has 8 heavy (non-hydrogen) atoms. The SMILES string of the molecule is N#C[C]1CCCCC1. The van der Waals surface area contributed by atoms with Gasteiger partial charge in [0.15, 0.2) is 0 Å². The van der Waals surface area contributed by atoms with Crippen LogP contribution in [0.5, 0.6) is 0 Å². The van der Waals surface area contributed by atoms with Crippen LogP contribution in [0.3, 0.4) is 0 Å². The normalized spacial score (nSPS) is 22.4. The molecule has 1 saturated carbocycles. The lowest BCUT2D eigenvalue weighted by atomic mass is 9.91. The summed E-state index contributed by atoms with van der Waals surface area (Å²) in [4.78, 5) is 0. The van der Waals surface area contributed by atoms with Crippen molar-refractivity contribution in [3.05, 3.63) is 5.92 Å². The molecule has 0 aliphatic heterocycles. The van der Waals surface area contributed by atoms with Crippen molar-refractivity contribution in [1.29, 1.82) is 5.26 Å². The highest BCUT2D eigenvalue weighted by Crippen LogP contribution is 2.23. The molecular weight excluding hydrogens is 98.1 g/mol. The third kappa shape index (κ3) is 1.23.